The molecule has 2 heterocycles. The van der Waals surface area contributed by atoms with Crippen molar-refractivity contribution in [1.82, 2.24) is 10.2 Å². The summed E-state index contributed by atoms with van der Waals surface area (Å²) in [4.78, 5) is 14.8. The average Bonchev–Trinajstić information content (AvgIpc) is 2.85. The maximum Gasteiger partial charge on any atom is 0.253 e. The Morgan fingerprint density at radius 2 is 1.64 bits per heavy atom. The summed E-state index contributed by atoms with van der Waals surface area (Å²) in [6.45, 7) is 3.70. The molecule has 2 aliphatic heterocycles. The molecule has 2 saturated heterocycles. The summed E-state index contributed by atoms with van der Waals surface area (Å²) in [5.74, 6) is 1.38. The molecular formula is C16H22N2O3S. The van der Waals surface area contributed by atoms with Crippen LogP contribution in [-0.2, 0) is 9.84 Å². The molecule has 0 aliphatic carbocycles. The van der Waals surface area contributed by atoms with Crippen molar-refractivity contribution >= 4 is 15.7 Å². The van der Waals surface area contributed by atoms with Gasteiger partial charge in [0.1, 0.15) is 0 Å². The first-order chi connectivity index (χ1) is 10.4. The number of hydrogen-bond acceptors (Lipinski definition) is 4. The zero-order chi connectivity index (χ0) is 15.7. The lowest BCUT2D eigenvalue weighted by molar-refractivity contribution is 0.0758. The number of fused-ring (bicyclic) bond motifs is 1. The second-order valence-corrected chi connectivity index (χ2v) is 8.36. The van der Waals surface area contributed by atoms with Crippen molar-refractivity contribution in [1.29, 1.82) is 0 Å². The van der Waals surface area contributed by atoms with E-state index in [9.17, 15) is 13.2 Å². The summed E-state index contributed by atoms with van der Waals surface area (Å²) < 4.78 is 22.9. The van der Waals surface area contributed by atoms with E-state index < -0.39 is 9.84 Å². The molecule has 2 fully saturated rings. The summed E-state index contributed by atoms with van der Waals surface area (Å²) in [5.41, 5.74) is 0.567. The monoisotopic (exact) mass is 322 g/mol. The van der Waals surface area contributed by atoms with Crippen LogP contribution in [0.4, 0.5) is 0 Å². The summed E-state index contributed by atoms with van der Waals surface area (Å²) >= 11 is 0. The molecule has 120 valence electrons. The van der Waals surface area contributed by atoms with Crippen LogP contribution >= 0.6 is 0 Å². The number of nitrogens with one attached hydrogen (secondary N) is 1. The fourth-order valence-corrected chi connectivity index (χ4v) is 4.08. The summed E-state index contributed by atoms with van der Waals surface area (Å²) in [7, 11) is -3.22. The van der Waals surface area contributed by atoms with Crippen LogP contribution in [0.25, 0.3) is 0 Å². The van der Waals surface area contributed by atoms with Crippen LogP contribution in [0.15, 0.2) is 29.2 Å². The first-order valence-corrected chi connectivity index (χ1v) is 9.64. The Labute approximate surface area is 131 Å². The highest BCUT2D eigenvalue weighted by Crippen LogP contribution is 2.27. The van der Waals surface area contributed by atoms with E-state index in [2.05, 4.69) is 5.32 Å². The molecule has 3 rings (SSSR count). The van der Waals surface area contributed by atoms with Gasteiger partial charge in [0.2, 0.25) is 0 Å². The van der Waals surface area contributed by atoms with Gasteiger partial charge in [0.25, 0.3) is 5.91 Å². The second kappa shape index (κ2) is 6.01. The quantitative estimate of drug-likeness (QED) is 0.887. The van der Waals surface area contributed by atoms with Crippen molar-refractivity contribution in [3.8, 4) is 0 Å². The Morgan fingerprint density at radius 3 is 2.14 bits per heavy atom. The van der Waals surface area contributed by atoms with Gasteiger partial charge in [0.15, 0.2) is 9.84 Å². The number of carbonyl (C=O) groups excluding carboxylic acids is 1. The van der Waals surface area contributed by atoms with Gasteiger partial charge in [-0.2, -0.15) is 0 Å². The van der Waals surface area contributed by atoms with Crippen LogP contribution in [0, 0.1) is 11.8 Å². The molecule has 2 aliphatic rings. The van der Waals surface area contributed by atoms with Crippen molar-refractivity contribution in [3.05, 3.63) is 29.8 Å². The largest absolute Gasteiger partial charge is 0.339 e. The highest BCUT2D eigenvalue weighted by Gasteiger charge is 2.31. The van der Waals surface area contributed by atoms with Gasteiger partial charge in [-0.25, -0.2) is 8.42 Å². The fraction of sp³-hybridized carbons (Fsp3) is 0.562. The highest BCUT2D eigenvalue weighted by atomic mass is 32.2. The van der Waals surface area contributed by atoms with Crippen molar-refractivity contribution in [2.24, 2.45) is 11.8 Å². The Morgan fingerprint density at radius 1 is 1.09 bits per heavy atom. The van der Waals surface area contributed by atoms with Crippen molar-refractivity contribution in [2.75, 3.05) is 32.4 Å². The number of nitrogens with zero attached hydrogens (tertiary/aromatic N) is 1. The third-order valence-electron chi connectivity index (χ3n) is 4.84. The number of carbonyl (C=O) groups is 1. The number of rotatable bonds is 2. The minimum absolute atomic E-state index is 0.00739. The van der Waals surface area contributed by atoms with Crippen molar-refractivity contribution in [3.63, 3.8) is 0 Å². The molecule has 0 bridgehead atoms. The second-order valence-electron chi connectivity index (χ2n) is 6.34. The molecule has 0 saturated carbocycles. The molecule has 1 N–H and O–H groups in total. The lowest BCUT2D eigenvalue weighted by atomic mass is 9.92. The van der Waals surface area contributed by atoms with Gasteiger partial charge in [-0.3, -0.25) is 4.79 Å². The average molecular weight is 322 g/mol. The van der Waals surface area contributed by atoms with E-state index in [1.807, 2.05) is 4.90 Å². The van der Waals surface area contributed by atoms with Crippen molar-refractivity contribution < 1.29 is 13.2 Å². The third-order valence-corrected chi connectivity index (χ3v) is 5.96. The summed E-state index contributed by atoms with van der Waals surface area (Å²) in [6.07, 6.45) is 3.26. The Hall–Kier alpha value is -1.40. The van der Waals surface area contributed by atoms with Crippen LogP contribution in [0.3, 0.4) is 0 Å². The highest BCUT2D eigenvalue weighted by molar-refractivity contribution is 7.90. The van der Waals surface area contributed by atoms with Crippen LogP contribution < -0.4 is 5.32 Å². The van der Waals surface area contributed by atoms with E-state index in [1.54, 1.807) is 12.1 Å². The van der Waals surface area contributed by atoms with Crippen LogP contribution in [0.2, 0.25) is 0 Å². The Bertz CT molecular complexity index is 640. The lowest BCUT2D eigenvalue weighted by Gasteiger charge is -2.21. The molecule has 6 heteroatoms. The number of sulfone groups is 1. The number of hydrogen-bond donors (Lipinski definition) is 1. The Balaban J connectivity index is 1.71. The zero-order valence-electron chi connectivity index (χ0n) is 12.8. The number of amides is 1. The van der Waals surface area contributed by atoms with Gasteiger partial charge in [0.05, 0.1) is 4.90 Å². The first kappa shape index (κ1) is 15.5. The standard InChI is InChI=1S/C16H22N2O3S/c1-22(20,21)15-4-2-12(3-5-15)16(19)18-8-6-13-10-17-11-14(13)7-9-18/h2-5,13-14,17H,6-11H2,1H3/t13-,14+. The third kappa shape index (κ3) is 3.17. The molecule has 0 spiro atoms. The molecule has 0 radical (unpaired) electrons. The van der Waals surface area contributed by atoms with E-state index in [-0.39, 0.29) is 10.8 Å². The van der Waals surface area contributed by atoms with Gasteiger partial charge >= 0.3 is 0 Å². The van der Waals surface area contributed by atoms with Gasteiger partial charge in [0, 0.05) is 24.9 Å². The molecule has 2 atom stereocenters. The van der Waals surface area contributed by atoms with Crippen LogP contribution in [-0.4, -0.2) is 51.7 Å². The molecule has 1 amide bonds. The molecule has 5 nitrogen and oxygen atoms in total. The molecule has 22 heavy (non-hydrogen) atoms. The van der Waals surface area contributed by atoms with E-state index in [0.29, 0.717) is 17.4 Å². The van der Waals surface area contributed by atoms with Crippen LogP contribution in [0.1, 0.15) is 23.2 Å². The predicted molar refractivity (Wildman–Crippen MR) is 84.5 cm³/mol. The summed E-state index contributed by atoms with van der Waals surface area (Å²) in [5, 5.41) is 3.43. The SMILES string of the molecule is CS(=O)(=O)c1ccc(C(=O)N2CC[C@@H]3CNC[C@@H]3CC2)cc1. The van der Waals surface area contributed by atoms with E-state index >= 15 is 0 Å². The van der Waals surface area contributed by atoms with Gasteiger partial charge < -0.3 is 10.2 Å². The molecule has 1 aromatic rings. The summed E-state index contributed by atoms with van der Waals surface area (Å²) in [6, 6.07) is 6.26. The first-order valence-electron chi connectivity index (χ1n) is 7.75. The zero-order valence-corrected chi connectivity index (χ0v) is 13.6. The molecular weight excluding hydrogens is 300 g/mol. The van der Waals surface area contributed by atoms with E-state index in [0.717, 1.165) is 39.0 Å². The van der Waals surface area contributed by atoms with Gasteiger partial charge in [-0.15, -0.1) is 0 Å². The molecule has 0 aromatic heterocycles. The van der Waals surface area contributed by atoms with Gasteiger partial charge in [-0.1, -0.05) is 0 Å². The molecule has 0 unspecified atom stereocenters. The topological polar surface area (TPSA) is 66.5 Å². The molecule has 1 aromatic carbocycles. The number of likely N-dealkylation sites (tertiary alicyclic amines) is 1. The lowest BCUT2D eigenvalue weighted by Crippen LogP contribution is -2.32. The van der Waals surface area contributed by atoms with Crippen LogP contribution in [0.5, 0.6) is 0 Å². The Kier molecular flexibility index (Phi) is 4.23. The van der Waals surface area contributed by atoms with Gasteiger partial charge in [-0.05, 0) is 62.0 Å². The minimum Gasteiger partial charge on any atom is -0.339 e. The normalized spacial score (nSPS) is 25.6. The number of benzene rings is 1. The maximum absolute atomic E-state index is 12.6. The maximum atomic E-state index is 12.6. The van der Waals surface area contributed by atoms with Crippen molar-refractivity contribution in [2.45, 2.75) is 17.7 Å². The van der Waals surface area contributed by atoms with E-state index in [1.165, 1.54) is 18.4 Å². The predicted octanol–water partition coefficient (Wildman–Crippen LogP) is 1.16. The fourth-order valence-electron chi connectivity index (χ4n) is 3.45. The smallest absolute Gasteiger partial charge is 0.253 e. The van der Waals surface area contributed by atoms with E-state index in [4.69, 9.17) is 0 Å². The minimum atomic E-state index is -3.22.